The predicted octanol–water partition coefficient (Wildman–Crippen LogP) is 14.2. The first-order valence-corrected chi connectivity index (χ1v) is 26.4. The largest absolute Gasteiger partial charge is 0.485 e. The molecule has 0 aliphatic carbocycles. The monoisotopic (exact) mass is 930 g/mol. The molecule has 2 atom stereocenters. The zero-order valence-corrected chi connectivity index (χ0v) is 40.2. The highest BCUT2D eigenvalue weighted by atomic mass is 32.1. The molecule has 0 saturated carbocycles. The van der Waals surface area contributed by atoms with Gasteiger partial charge in [0.25, 0.3) is 11.8 Å². The molecule has 0 N–H and O–H groups in total. The second-order valence-electron chi connectivity index (χ2n) is 17.1. The van der Waals surface area contributed by atoms with Crippen LogP contribution in [0.15, 0.2) is 71.4 Å². The van der Waals surface area contributed by atoms with E-state index in [4.69, 9.17) is 18.9 Å². The molecule has 0 fully saturated rings. The molecular formula is C52H54N2O6S4. The Balaban J connectivity index is 1.13. The van der Waals surface area contributed by atoms with Crippen molar-refractivity contribution in [3.63, 3.8) is 0 Å². The standard InChI is InChI=1S/C52H54N2O6S4/c1-5-9-13-31(7-3)29-53-37-27-33(47-43-45(59-23-21-57-43)49(63-47)39-15-11-25-61-39)17-19-35(37)41(51(53)55)42-36-20-18-34(28-38(36)54(52(42)56)30-32(8-4)14-10-6-2)48-44-46(60-24-22-58-44)50(64-48)40-16-12-26-62-40/h11-12,15-20,25-28,31-32H,5-10,13-14,21-24,29-30H2,1-4H3/b42-41+. The maximum Gasteiger partial charge on any atom is 0.259 e. The summed E-state index contributed by atoms with van der Waals surface area (Å²) in [7, 11) is 0. The molecule has 2 amide bonds. The lowest BCUT2D eigenvalue weighted by molar-refractivity contribution is -0.114. The first-order chi connectivity index (χ1) is 31.4. The van der Waals surface area contributed by atoms with E-state index in [1.54, 1.807) is 45.3 Å². The van der Waals surface area contributed by atoms with E-state index in [1.807, 2.05) is 9.80 Å². The van der Waals surface area contributed by atoms with Gasteiger partial charge in [-0.3, -0.25) is 9.59 Å². The number of rotatable bonds is 16. The van der Waals surface area contributed by atoms with Gasteiger partial charge in [-0.15, -0.1) is 45.3 Å². The predicted molar refractivity (Wildman–Crippen MR) is 266 cm³/mol. The summed E-state index contributed by atoms with van der Waals surface area (Å²) in [6.45, 7) is 12.0. The molecule has 2 aromatic carbocycles. The van der Waals surface area contributed by atoms with Crippen molar-refractivity contribution in [2.24, 2.45) is 11.8 Å². The van der Waals surface area contributed by atoms with Crippen LogP contribution in [0.25, 0.3) is 51.5 Å². The fourth-order valence-electron chi connectivity index (χ4n) is 9.55. The molecule has 0 radical (unpaired) electrons. The summed E-state index contributed by atoms with van der Waals surface area (Å²) < 4.78 is 25.2. The quantitative estimate of drug-likeness (QED) is 0.0900. The number of ether oxygens (including phenoxy) is 4. The minimum atomic E-state index is -0.106. The molecule has 12 heteroatoms. The Hall–Kier alpha value is -4.88. The maximum absolute atomic E-state index is 15.4. The Bertz CT molecular complexity index is 2530. The van der Waals surface area contributed by atoms with Gasteiger partial charge in [-0.25, -0.2) is 0 Å². The molecule has 332 valence electrons. The SMILES string of the molecule is CCCCC(CC)CN1C(=O)/C(=C2/C(=O)N(CC(CC)CCCC)c3cc(-c4sc(-c5cccs5)c5c4OCCO5)ccc32)c2ccc(-c3sc(-c4cccs4)c4c3OCCO4)cc21. The lowest BCUT2D eigenvalue weighted by Crippen LogP contribution is -2.34. The van der Waals surface area contributed by atoms with Gasteiger partial charge in [0.2, 0.25) is 0 Å². The summed E-state index contributed by atoms with van der Waals surface area (Å²) in [4.78, 5) is 41.1. The average Bonchev–Trinajstić information content (AvgIpc) is 4.20. The van der Waals surface area contributed by atoms with Crippen LogP contribution in [0.4, 0.5) is 11.4 Å². The van der Waals surface area contributed by atoms with E-state index in [1.165, 1.54) is 0 Å². The normalized spacial score (nSPS) is 17.3. The van der Waals surface area contributed by atoms with Crippen molar-refractivity contribution in [2.45, 2.75) is 79.1 Å². The molecule has 0 spiro atoms. The van der Waals surface area contributed by atoms with Gasteiger partial charge in [0.1, 0.15) is 26.4 Å². The topological polar surface area (TPSA) is 77.5 Å². The Kier molecular flexibility index (Phi) is 12.5. The molecule has 10 rings (SSSR count). The van der Waals surface area contributed by atoms with Gasteiger partial charge in [-0.05, 0) is 70.8 Å². The first kappa shape index (κ1) is 43.0. The Morgan fingerprint density at radius 1 is 0.547 bits per heavy atom. The van der Waals surface area contributed by atoms with Gasteiger partial charge in [0.05, 0.1) is 42.0 Å². The number of unbranched alkanes of at least 4 members (excludes halogenated alkanes) is 2. The van der Waals surface area contributed by atoms with Gasteiger partial charge >= 0.3 is 0 Å². The van der Waals surface area contributed by atoms with E-state index in [2.05, 4.69) is 99.1 Å². The Morgan fingerprint density at radius 3 is 1.31 bits per heavy atom. The lowest BCUT2D eigenvalue weighted by Gasteiger charge is -2.24. The van der Waals surface area contributed by atoms with E-state index in [0.29, 0.717) is 62.5 Å². The highest BCUT2D eigenvalue weighted by Gasteiger charge is 2.44. The van der Waals surface area contributed by atoms with Crippen molar-refractivity contribution in [3.8, 4) is 63.4 Å². The molecule has 4 aliphatic rings. The Labute approximate surface area is 392 Å². The van der Waals surface area contributed by atoms with Gasteiger partial charge in [-0.1, -0.05) is 103 Å². The summed E-state index contributed by atoms with van der Waals surface area (Å²) in [5.41, 5.74) is 6.22. The van der Waals surface area contributed by atoms with Crippen LogP contribution >= 0.6 is 45.3 Å². The highest BCUT2D eigenvalue weighted by molar-refractivity contribution is 7.24. The third kappa shape index (κ3) is 7.67. The maximum atomic E-state index is 15.4. The minimum Gasteiger partial charge on any atom is -0.485 e. The number of carbonyl (C=O) groups excluding carboxylic acids is 2. The van der Waals surface area contributed by atoms with Crippen molar-refractivity contribution < 1.29 is 28.5 Å². The molecule has 64 heavy (non-hydrogen) atoms. The van der Waals surface area contributed by atoms with Crippen molar-refractivity contribution in [1.29, 1.82) is 0 Å². The fraction of sp³-hybridized carbons (Fsp3) is 0.385. The lowest BCUT2D eigenvalue weighted by atomic mass is 9.94. The van der Waals surface area contributed by atoms with E-state index in [0.717, 1.165) is 137 Å². The number of benzene rings is 2. The van der Waals surface area contributed by atoms with Gasteiger partial charge < -0.3 is 28.7 Å². The zero-order chi connectivity index (χ0) is 43.9. The number of hydrogen-bond acceptors (Lipinski definition) is 10. The van der Waals surface area contributed by atoms with E-state index >= 15 is 9.59 Å². The number of thiophene rings is 4. The fourth-order valence-corrected chi connectivity index (χ4v) is 13.6. The number of hydrogen-bond donors (Lipinski definition) is 0. The third-order valence-corrected chi connectivity index (χ3v) is 17.6. The van der Waals surface area contributed by atoms with Crippen LogP contribution in [0.2, 0.25) is 0 Å². The van der Waals surface area contributed by atoms with Crippen LogP contribution in [0, 0.1) is 11.8 Å². The van der Waals surface area contributed by atoms with Crippen molar-refractivity contribution in [2.75, 3.05) is 49.3 Å². The van der Waals surface area contributed by atoms with Crippen LogP contribution in [0.5, 0.6) is 23.0 Å². The molecule has 2 unspecified atom stereocenters. The van der Waals surface area contributed by atoms with E-state index < -0.39 is 0 Å². The molecular weight excluding hydrogens is 877 g/mol. The van der Waals surface area contributed by atoms with Crippen LogP contribution in [-0.4, -0.2) is 51.3 Å². The van der Waals surface area contributed by atoms with Crippen molar-refractivity contribution in [3.05, 3.63) is 82.6 Å². The van der Waals surface area contributed by atoms with Crippen LogP contribution in [0.1, 0.15) is 90.2 Å². The minimum absolute atomic E-state index is 0.106. The number of carbonyl (C=O) groups is 2. The number of amides is 2. The first-order valence-electron chi connectivity index (χ1n) is 23.0. The number of nitrogens with zero attached hydrogens (tertiary/aromatic N) is 2. The van der Waals surface area contributed by atoms with E-state index in [9.17, 15) is 0 Å². The van der Waals surface area contributed by atoms with Gasteiger partial charge in [0.15, 0.2) is 23.0 Å². The second-order valence-corrected chi connectivity index (χ2v) is 21.0. The van der Waals surface area contributed by atoms with Gasteiger partial charge in [-0.2, -0.15) is 0 Å². The van der Waals surface area contributed by atoms with Gasteiger partial charge in [0, 0.05) is 34.0 Å². The second kappa shape index (κ2) is 18.5. The molecule has 4 aromatic heterocycles. The summed E-state index contributed by atoms with van der Waals surface area (Å²) in [5, 5.41) is 4.17. The van der Waals surface area contributed by atoms with E-state index in [-0.39, 0.29) is 11.8 Å². The summed E-state index contributed by atoms with van der Waals surface area (Å²) >= 11 is 6.72. The molecule has 8 heterocycles. The number of fused-ring (bicyclic) bond motifs is 4. The van der Waals surface area contributed by atoms with Crippen LogP contribution in [0.3, 0.4) is 0 Å². The molecule has 4 aliphatic heterocycles. The van der Waals surface area contributed by atoms with Crippen molar-refractivity contribution >= 4 is 79.7 Å². The molecule has 6 aromatic rings. The van der Waals surface area contributed by atoms with Crippen molar-refractivity contribution in [1.82, 2.24) is 0 Å². The van der Waals surface area contributed by atoms with Crippen LogP contribution in [-0.2, 0) is 9.59 Å². The zero-order valence-electron chi connectivity index (χ0n) is 37.0. The molecule has 0 bridgehead atoms. The molecule has 8 nitrogen and oxygen atoms in total. The summed E-state index contributed by atoms with van der Waals surface area (Å²) in [5.74, 6) is 3.52. The number of anilines is 2. The smallest absolute Gasteiger partial charge is 0.259 e. The summed E-state index contributed by atoms with van der Waals surface area (Å²) in [6, 6.07) is 21.0. The Morgan fingerprint density at radius 2 is 0.953 bits per heavy atom. The third-order valence-electron chi connectivity index (χ3n) is 13.1. The average molecular weight is 931 g/mol. The van der Waals surface area contributed by atoms with Crippen LogP contribution < -0.4 is 28.7 Å². The molecule has 0 saturated heterocycles. The summed E-state index contributed by atoms with van der Waals surface area (Å²) in [6.07, 6.45) is 8.40. The highest BCUT2D eigenvalue weighted by Crippen LogP contribution is 2.58.